The number of ether oxygens (including phenoxy) is 1. The lowest BCUT2D eigenvalue weighted by Crippen LogP contribution is -2.34. The summed E-state index contributed by atoms with van der Waals surface area (Å²) in [6.07, 6.45) is 0.279. The van der Waals surface area contributed by atoms with Crippen molar-refractivity contribution in [2.45, 2.75) is 13.3 Å². The number of carbonyl (C=O) groups excluding carboxylic acids is 1. The molecule has 0 saturated carbocycles. The first-order chi connectivity index (χ1) is 11.0. The molecule has 1 aromatic heterocycles. The normalized spacial score (nSPS) is 11.7. The van der Waals surface area contributed by atoms with Gasteiger partial charge in [0.15, 0.2) is 0 Å². The minimum atomic E-state index is -0.961. The van der Waals surface area contributed by atoms with Crippen LogP contribution in [0.1, 0.15) is 20.9 Å². The molecule has 23 heavy (non-hydrogen) atoms. The average molecular weight is 334 g/mol. The van der Waals surface area contributed by atoms with Gasteiger partial charge in [-0.1, -0.05) is 18.2 Å². The van der Waals surface area contributed by atoms with Gasteiger partial charge in [0.1, 0.15) is 10.6 Å². The smallest absolute Gasteiger partial charge is 0.308 e. The number of carbonyl (C=O) groups is 2. The highest BCUT2D eigenvalue weighted by Crippen LogP contribution is 2.21. The minimum Gasteiger partial charge on any atom is -0.496 e. The molecule has 1 aromatic carbocycles. The van der Waals surface area contributed by atoms with Gasteiger partial charge in [0.05, 0.1) is 24.2 Å². The number of carboxylic acid groups (broad SMARTS) is 1. The molecule has 1 amide bonds. The molecule has 6 nitrogen and oxygen atoms in total. The first kappa shape index (κ1) is 17.0. The lowest BCUT2D eigenvalue weighted by atomic mass is 9.98. The van der Waals surface area contributed by atoms with E-state index in [-0.39, 0.29) is 18.9 Å². The standard InChI is InChI=1S/C16H18N2O4S/c1-10-14(23-9-18-10)15(19)17-8-12(16(20)21)7-11-5-3-4-6-13(11)22-2/h3-6,9,12H,7-8H2,1-2H3,(H,17,19)(H,20,21). The first-order valence-corrected chi connectivity index (χ1v) is 7.94. The van der Waals surface area contributed by atoms with Crippen molar-refractivity contribution in [1.29, 1.82) is 0 Å². The van der Waals surface area contributed by atoms with Crippen LogP contribution in [0.5, 0.6) is 5.75 Å². The highest BCUT2D eigenvalue weighted by molar-refractivity contribution is 7.11. The molecule has 0 aliphatic heterocycles. The summed E-state index contributed by atoms with van der Waals surface area (Å²) in [5.41, 5.74) is 3.03. The molecular formula is C16H18N2O4S. The fourth-order valence-electron chi connectivity index (χ4n) is 2.20. The van der Waals surface area contributed by atoms with E-state index in [1.165, 1.54) is 11.3 Å². The molecule has 7 heteroatoms. The summed E-state index contributed by atoms with van der Waals surface area (Å²) in [5.74, 6) is -1.35. The molecule has 2 aromatic rings. The van der Waals surface area contributed by atoms with Gasteiger partial charge in [0.2, 0.25) is 0 Å². The van der Waals surface area contributed by atoms with Gasteiger partial charge in [0.25, 0.3) is 5.91 Å². The number of methoxy groups -OCH3 is 1. The SMILES string of the molecule is COc1ccccc1CC(CNC(=O)c1scnc1C)C(=O)O. The van der Waals surface area contributed by atoms with Crippen LogP contribution in [0.15, 0.2) is 29.8 Å². The summed E-state index contributed by atoms with van der Waals surface area (Å²) >= 11 is 1.24. The Morgan fingerprint density at radius 2 is 2.13 bits per heavy atom. The molecular weight excluding hydrogens is 316 g/mol. The highest BCUT2D eigenvalue weighted by atomic mass is 32.1. The molecule has 2 rings (SSSR count). The van der Waals surface area contributed by atoms with E-state index >= 15 is 0 Å². The zero-order chi connectivity index (χ0) is 16.8. The summed E-state index contributed by atoms with van der Waals surface area (Å²) in [5, 5.41) is 12.1. The van der Waals surface area contributed by atoms with E-state index in [0.29, 0.717) is 16.3 Å². The van der Waals surface area contributed by atoms with Crippen LogP contribution in [-0.4, -0.2) is 35.6 Å². The van der Waals surface area contributed by atoms with Crippen LogP contribution in [-0.2, 0) is 11.2 Å². The number of aryl methyl sites for hydroxylation is 1. The Morgan fingerprint density at radius 3 is 2.74 bits per heavy atom. The number of thiazole rings is 1. The van der Waals surface area contributed by atoms with E-state index in [1.54, 1.807) is 25.6 Å². The fourth-order valence-corrected chi connectivity index (χ4v) is 2.92. The Labute approximate surface area is 138 Å². The number of aromatic nitrogens is 1. The maximum Gasteiger partial charge on any atom is 0.308 e. The van der Waals surface area contributed by atoms with Crippen molar-refractivity contribution in [3.63, 3.8) is 0 Å². The molecule has 0 radical (unpaired) electrons. The van der Waals surface area contributed by atoms with Crippen LogP contribution < -0.4 is 10.1 Å². The van der Waals surface area contributed by atoms with Crippen molar-refractivity contribution in [1.82, 2.24) is 10.3 Å². The van der Waals surface area contributed by atoms with E-state index < -0.39 is 11.9 Å². The number of para-hydroxylation sites is 1. The summed E-state index contributed by atoms with van der Waals surface area (Å²) < 4.78 is 5.24. The third-order valence-electron chi connectivity index (χ3n) is 3.47. The fraction of sp³-hybridized carbons (Fsp3) is 0.312. The topological polar surface area (TPSA) is 88.5 Å². The molecule has 0 fully saturated rings. The van der Waals surface area contributed by atoms with Gasteiger partial charge >= 0.3 is 5.97 Å². The van der Waals surface area contributed by atoms with Gasteiger partial charge in [0, 0.05) is 6.54 Å². The number of nitrogens with one attached hydrogen (secondary N) is 1. The molecule has 1 heterocycles. The van der Waals surface area contributed by atoms with E-state index in [1.807, 2.05) is 18.2 Å². The van der Waals surface area contributed by atoms with Crippen LogP contribution >= 0.6 is 11.3 Å². The Bertz CT molecular complexity index is 699. The second-order valence-electron chi connectivity index (χ2n) is 5.03. The second-order valence-corrected chi connectivity index (χ2v) is 5.88. The Morgan fingerprint density at radius 1 is 1.39 bits per heavy atom. The van der Waals surface area contributed by atoms with Crippen LogP contribution in [0.4, 0.5) is 0 Å². The maximum absolute atomic E-state index is 12.1. The van der Waals surface area contributed by atoms with Crippen LogP contribution in [0.2, 0.25) is 0 Å². The van der Waals surface area contributed by atoms with Gasteiger partial charge in [-0.25, -0.2) is 4.98 Å². The second kappa shape index (κ2) is 7.73. The maximum atomic E-state index is 12.1. The van der Waals surface area contributed by atoms with Gasteiger partial charge < -0.3 is 15.2 Å². The van der Waals surface area contributed by atoms with E-state index in [0.717, 1.165) is 5.56 Å². The minimum absolute atomic E-state index is 0.0452. The lowest BCUT2D eigenvalue weighted by molar-refractivity contribution is -0.141. The van der Waals surface area contributed by atoms with Crippen molar-refractivity contribution in [2.75, 3.05) is 13.7 Å². The molecule has 2 N–H and O–H groups in total. The molecule has 0 aliphatic rings. The number of rotatable bonds is 7. The van der Waals surface area contributed by atoms with Crippen molar-refractivity contribution >= 4 is 23.2 Å². The summed E-state index contributed by atoms with van der Waals surface area (Å²) in [6, 6.07) is 7.26. The zero-order valence-corrected chi connectivity index (χ0v) is 13.7. The predicted molar refractivity (Wildman–Crippen MR) is 87.0 cm³/mol. The van der Waals surface area contributed by atoms with Crippen molar-refractivity contribution < 1.29 is 19.4 Å². The van der Waals surface area contributed by atoms with E-state index in [4.69, 9.17) is 4.74 Å². The quantitative estimate of drug-likeness (QED) is 0.810. The Kier molecular flexibility index (Phi) is 5.70. The molecule has 122 valence electrons. The third kappa shape index (κ3) is 4.29. The summed E-state index contributed by atoms with van der Waals surface area (Å²) in [7, 11) is 1.54. The highest BCUT2D eigenvalue weighted by Gasteiger charge is 2.21. The number of carboxylic acids is 1. The van der Waals surface area contributed by atoms with Crippen molar-refractivity contribution in [2.24, 2.45) is 5.92 Å². The number of nitrogens with zero attached hydrogens (tertiary/aromatic N) is 1. The van der Waals surface area contributed by atoms with Gasteiger partial charge in [-0.3, -0.25) is 9.59 Å². The van der Waals surface area contributed by atoms with Crippen molar-refractivity contribution in [3.05, 3.63) is 45.9 Å². The van der Waals surface area contributed by atoms with E-state index in [9.17, 15) is 14.7 Å². The molecule has 0 spiro atoms. The number of aliphatic carboxylic acids is 1. The van der Waals surface area contributed by atoms with Gasteiger partial charge in [-0.15, -0.1) is 11.3 Å². The summed E-state index contributed by atoms with van der Waals surface area (Å²) in [6.45, 7) is 1.79. The molecule has 1 unspecified atom stereocenters. The third-order valence-corrected chi connectivity index (χ3v) is 4.40. The Balaban J connectivity index is 2.03. The average Bonchev–Trinajstić information content (AvgIpc) is 2.97. The van der Waals surface area contributed by atoms with Crippen LogP contribution in [0.3, 0.4) is 0 Å². The molecule has 0 aliphatic carbocycles. The first-order valence-electron chi connectivity index (χ1n) is 7.06. The number of benzene rings is 1. The van der Waals surface area contributed by atoms with Crippen molar-refractivity contribution in [3.8, 4) is 5.75 Å². The molecule has 1 atom stereocenters. The molecule has 0 saturated heterocycles. The van der Waals surface area contributed by atoms with Crippen LogP contribution in [0.25, 0.3) is 0 Å². The van der Waals surface area contributed by atoms with Gasteiger partial charge in [-0.05, 0) is 25.0 Å². The summed E-state index contributed by atoms with van der Waals surface area (Å²) in [4.78, 5) is 28.1. The predicted octanol–water partition coefficient (Wildman–Crippen LogP) is 2.13. The number of amides is 1. The number of hydrogen-bond acceptors (Lipinski definition) is 5. The molecule has 0 bridgehead atoms. The van der Waals surface area contributed by atoms with Gasteiger partial charge in [-0.2, -0.15) is 0 Å². The van der Waals surface area contributed by atoms with E-state index in [2.05, 4.69) is 10.3 Å². The number of hydrogen-bond donors (Lipinski definition) is 2. The largest absolute Gasteiger partial charge is 0.496 e. The van der Waals surface area contributed by atoms with Crippen LogP contribution in [0, 0.1) is 12.8 Å². The zero-order valence-electron chi connectivity index (χ0n) is 12.9. The Hall–Kier alpha value is -2.41. The monoisotopic (exact) mass is 334 g/mol. The lowest BCUT2D eigenvalue weighted by Gasteiger charge is -2.15.